The minimum atomic E-state index is -0.334. The third-order valence-corrected chi connectivity index (χ3v) is 2.28. The van der Waals surface area contributed by atoms with E-state index >= 15 is 0 Å². The van der Waals surface area contributed by atoms with E-state index in [-0.39, 0.29) is 12.4 Å². The fourth-order valence-corrected chi connectivity index (χ4v) is 1.51. The average Bonchev–Trinajstić information content (AvgIpc) is 2.04. The highest BCUT2D eigenvalue weighted by Gasteiger charge is 2.04. The minimum absolute atomic E-state index is 0.233. The Bertz CT molecular complexity index is 250. The zero-order valence-corrected chi connectivity index (χ0v) is 6.99. The van der Waals surface area contributed by atoms with Crippen LogP contribution in [0.2, 0.25) is 0 Å². The van der Waals surface area contributed by atoms with Crippen molar-refractivity contribution < 1.29 is 9.50 Å². The number of aliphatic hydroxyl groups excluding tert-OH is 1. The number of aliphatic hydroxyl groups is 1. The van der Waals surface area contributed by atoms with E-state index in [2.05, 4.69) is 0 Å². The number of thioether (sulfide) groups is 1. The van der Waals surface area contributed by atoms with Crippen LogP contribution < -0.4 is 0 Å². The third-order valence-electron chi connectivity index (χ3n) is 1.45. The summed E-state index contributed by atoms with van der Waals surface area (Å²) in [4.78, 5) is 0.799. The molecular weight excluding hydrogens is 163 g/mol. The largest absolute Gasteiger partial charge is 0.392 e. The Morgan fingerprint density at radius 3 is 2.73 bits per heavy atom. The molecule has 0 heterocycles. The second-order valence-electron chi connectivity index (χ2n) is 2.08. The summed E-state index contributed by atoms with van der Waals surface area (Å²) < 4.78 is 12.9. The summed E-state index contributed by atoms with van der Waals surface area (Å²) in [5.41, 5.74) is 0.389. The molecular formula is C8H9FOS. The number of hydrogen-bond acceptors (Lipinski definition) is 2. The van der Waals surface area contributed by atoms with Crippen LogP contribution in [0.25, 0.3) is 0 Å². The summed E-state index contributed by atoms with van der Waals surface area (Å²) in [6.45, 7) is -0.233. The van der Waals surface area contributed by atoms with Crippen molar-refractivity contribution in [2.75, 3.05) is 6.26 Å². The first kappa shape index (κ1) is 8.56. The lowest BCUT2D eigenvalue weighted by Gasteiger charge is -2.03. The van der Waals surface area contributed by atoms with Gasteiger partial charge in [0.15, 0.2) is 0 Å². The van der Waals surface area contributed by atoms with Gasteiger partial charge in [-0.2, -0.15) is 0 Å². The minimum Gasteiger partial charge on any atom is -0.392 e. The SMILES string of the molecule is CSc1cccc(F)c1CO. The van der Waals surface area contributed by atoms with E-state index in [9.17, 15) is 4.39 Å². The van der Waals surface area contributed by atoms with Crippen molar-refractivity contribution in [2.24, 2.45) is 0 Å². The molecule has 60 valence electrons. The highest BCUT2D eigenvalue weighted by atomic mass is 32.2. The average molecular weight is 172 g/mol. The summed E-state index contributed by atoms with van der Waals surface area (Å²) in [6, 6.07) is 4.78. The van der Waals surface area contributed by atoms with Crippen LogP contribution >= 0.6 is 11.8 Å². The van der Waals surface area contributed by atoms with E-state index in [1.807, 2.05) is 6.26 Å². The Balaban J connectivity index is 3.13. The highest BCUT2D eigenvalue weighted by molar-refractivity contribution is 7.98. The molecule has 1 rings (SSSR count). The molecule has 0 radical (unpaired) electrons. The van der Waals surface area contributed by atoms with Crippen LogP contribution in [-0.4, -0.2) is 11.4 Å². The molecule has 0 saturated heterocycles. The quantitative estimate of drug-likeness (QED) is 0.689. The monoisotopic (exact) mass is 172 g/mol. The predicted molar refractivity (Wildman–Crippen MR) is 44.1 cm³/mol. The lowest BCUT2D eigenvalue weighted by atomic mass is 10.2. The van der Waals surface area contributed by atoms with Gasteiger partial charge in [-0.05, 0) is 18.4 Å². The van der Waals surface area contributed by atoms with Gasteiger partial charge in [-0.25, -0.2) is 4.39 Å². The molecule has 1 aromatic rings. The molecule has 0 saturated carbocycles. The Morgan fingerprint density at radius 1 is 1.55 bits per heavy atom. The molecule has 1 nitrogen and oxygen atoms in total. The molecule has 0 aliphatic rings. The molecule has 0 aromatic heterocycles. The number of hydrogen-bond donors (Lipinski definition) is 1. The van der Waals surface area contributed by atoms with Crippen LogP contribution in [0, 0.1) is 5.82 Å². The molecule has 0 bridgehead atoms. The summed E-state index contributed by atoms with van der Waals surface area (Å²) in [7, 11) is 0. The molecule has 1 aromatic carbocycles. The maximum Gasteiger partial charge on any atom is 0.129 e. The summed E-state index contributed by atoms with van der Waals surface area (Å²) in [6.07, 6.45) is 1.86. The smallest absolute Gasteiger partial charge is 0.129 e. The van der Waals surface area contributed by atoms with Crippen LogP contribution in [0.1, 0.15) is 5.56 Å². The van der Waals surface area contributed by atoms with E-state index in [1.165, 1.54) is 17.8 Å². The first-order chi connectivity index (χ1) is 5.29. The van der Waals surface area contributed by atoms with Gasteiger partial charge >= 0.3 is 0 Å². The van der Waals surface area contributed by atoms with Crippen LogP contribution in [0.4, 0.5) is 4.39 Å². The Labute approximate surface area is 69.2 Å². The van der Waals surface area contributed by atoms with E-state index in [0.29, 0.717) is 5.56 Å². The van der Waals surface area contributed by atoms with Gasteiger partial charge in [-0.3, -0.25) is 0 Å². The van der Waals surface area contributed by atoms with Gasteiger partial charge in [0, 0.05) is 10.5 Å². The van der Waals surface area contributed by atoms with E-state index in [0.717, 1.165) is 4.90 Å². The summed E-state index contributed by atoms with van der Waals surface area (Å²) >= 11 is 1.43. The van der Waals surface area contributed by atoms with Crippen molar-refractivity contribution in [3.8, 4) is 0 Å². The molecule has 0 fully saturated rings. The lowest BCUT2D eigenvalue weighted by Crippen LogP contribution is -1.91. The normalized spacial score (nSPS) is 10.1. The van der Waals surface area contributed by atoms with Crippen molar-refractivity contribution in [1.82, 2.24) is 0 Å². The van der Waals surface area contributed by atoms with Crippen molar-refractivity contribution >= 4 is 11.8 Å². The fourth-order valence-electron chi connectivity index (χ4n) is 0.884. The van der Waals surface area contributed by atoms with Gasteiger partial charge in [0.05, 0.1) is 6.61 Å². The fraction of sp³-hybridized carbons (Fsp3) is 0.250. The zero-order valence-electron chi connectivity index (χ0n) is 6.17. The maximum absolute atomic E-state index is 12.9. The molecule has 0 atom stereocenters. The van der Waals surface area contributed by atoms with Gasteiger partial charge in [0.2, 0.25) is 0 Å². The van der Waals surface area contributed by atoms with Crippen molar-refractivity contribution in [2.45, 2.75) is 11.5 Å². The second-order valence-corrected chi connectivity index (χ2v) is 2.93. The number of halogens is 1. The van der Waals surface area contributed by atoms with Gasteiger partial charge in [0.1, 0.15) is 5.82 Å². The first-order valence-electron chi connectivity index (χ1n) is 3.22. The maximum atomic E-state index is 12.9. The molecule has 0 unspecified atom stereocenters. The van der Waals surface area contributed by atoms with Crippen molar-refractivity contribution in [3.63, 3.8) is 0 Å². The van der Waals surface area contributed by atoms with E-state index < -0.39 is 0 Å². The zero-order chi connectivity index (χ0) is 8.27. The molecule has 3 heteroatoms. The van der Waals surface area contributed by atoms with Gasteiger partial charge in [-0.1, -0.05) is 6.07 Å². The van der Waals surface area contributed by atoms with Crippen LogP contribution in [0.15, 0.2) is 23.1 Å². The van der Waals surface area contributed by atoms with Crippen LogP contribution in [0.3, 0.4) is 0 Å². The Morgan fingerprint density at radius 2 is 2.27 bits per heavy atom. The molecule has 0 aliphatic carbocycles. The standard InChI is InChI=1S/C8H9FOS/c1-11-8-4-2-3-7(9)6(8)5-10/h2-4,10H,5H2,1H3. The molecule has 11 heavy (non-hydrogen) atoms. The van der Waals surface area contributed by atoms with Crippen LogP contribution in [-0.2, 0) is 6.61 Å². The highest BCUT2D eigenvalue weighted by Crippen LogP contribution is 2.22. The van der Waals surface area contributed by atoms with E-state index in [1.54, 1.807) is 12.1 Å². The third kappa shape index (κ3) is 1.73. The predicted octanol–water partition coefficient (Wildman–Crippen LogP) is 2.04. The second kappa shape index (κ2) is 3.74. The topological polar surface area (TPSA) is 20.2 Å². The van der Waals surface area contributed by atoms with Crippen molar-refractivity contribution in [1.29, 1.82) is 0 Å². The van der Waals surface area contributed by atoms with Gasteiger partial charge in [-0.15, -0.1) is 11.8 Å². The summed E-state index contributed by atoms with van der Waals surface area (Å²) in [5, 5.41) is 8.78. The number of benzene rings is 1. The Hall–Kier alpha value is -0.540. The van der Waals surface area contributed by atoms with Crippen LogP contribution in [0.5, 0.6) is 0 Å². The molecule has 0 amide bonds. The summed E-state index contributed by atoms with van der Waals surface area (Å²) in [5.74, 6) is -0.334. The molecule has 0 aliphatic heterocycles. The number of rotatable bonds is 2. The first-order valence-corrected chi connectivity index (χ1v) is 4.44. The van der Waals surface area contributed by atoms with Crippen molar-refractivity contribution in [3.05, 3.63) is 29.6 Å². The van der Waals surface area contributed by atoms with Gasteiger partial charge < -0.3 is 5.11 Å². The lowest BCUT2D eigenvalue weighted by molar-refractivity contribution is 0.272. The van der Waals surface area contributed by atoms with Gasteiger partial charge in [0.25, 0.3) is 0 Å². The Kier molecular flexibility index (Phi) is 2.91. The molecule has 0 spiro atoms. The molecule has 1 N–H and O–H groups in total. The van der Waals surface area contributed by atoms with E-state index in [4.69, 9.17) is 5.11 Å².